The quantitative estimate of drug-likeness (QED) is 0.927. The van der Waals surface area contributed by atoms with Gasteiger partial charge in [-0.1, -0.05) is 0 Å². The van der Waals surface area contributed by atoms with Crippen molar-refractivity contribution >= 4 is 17.3 Å². The van der Waals surface area contributed by atoms with Crippen molar-refractivity contribution < 1.29 is 23.1 Å². The van der Waals surface area contributed by atoms with Crippen molar-refractivity contribution in [3.63, 3.8) is 0 Å². The molecule has 2 fully saturated rings. The van der Waals surface area contributed by atoms with Gasteiger partial charge in [-0.15, -0.1) is 11.3 Å². The van der Waals surface area contributed by atoms with Crippen LogP contribution in [0, 0.1) is 5.41 Å². The van der Waals surface area contributed by atoms with Gasteiger partial charge in [-0.05, 0) is 19.3 Å². The SMILES string of the molecule is O=C(O)C1(C(F)(F)F)CCN(Cc2csc(C3CC3)n2)C1. The Bertz CT molecular complexity index is 556. The molecule has 2 heterocycles. The lowest BCUT2D eigenvalue weighted by Gasteiger charge is -2.27. The Morgan fingerprint density at radius 1 is 1.52 bits per heavy atom. The number of likely N-dealkylation sites (tertiary alicyclic amines) is 1. The van der Waals surface area contributed by atoms with Crippen LogP contribution in [0.5, 0.6) is 0 Å². The third-order valence-electron chi connectivity index (χ3n) is 4.18. The molecule has 3 rings (SSSR count). The molecule has 0 spiro atoms. The molecule has 0 aromatic carbocycles. The maximum atomic E-state index is 13.1. The Balaban J connectivity index is 1.69. The summed E-state index contributed by atoms with van der Waals surface area (Å²) in [6.07, 6.45) is -2.86. The fourth-order valence-corrected chi connectivity index (χ4v) is 3.68. The highest BCUT2D eigenvalue weighted by Crippen LogP contribution is 2.46. The standard InChI is InChI=1S/C13H15F3N2O2S/c14-13(15,16)12(11(19)20)3-4-18(7-12)5-9-6-21-10(17-9)8-1-2-8/h6,8H,1-5,7H2,(H,19,20). The third kappa shape index (κ3) is 2.66. The van der Waals surface area contributed by atoms with E-state index < -0.39 is 30.5 Å². The molecule has 21 heavy (non-hydrogen) atoms. The molecule has 0 bridgehead atoms. The van der Waals surface area contributed by atoms with E-state index in [2.05, 4.69) is 4.98 Å². The molecule has 1 N–H and O–H groups in total. The molecule has 4 nitrogen and oxygen atoms in total. The topological polar surface area (TPSA) is 53.4 Å². The van der Waals surface area contributed by atoms with Gasteiger partial charge in [-0.2, -0.15) is 13.2 Å². The molecule has 1 atom stereocenters. The first-order valence-electron chi connectivity index (χ1n) is 6.78. The van der Waals surface area contributed by atoms with E-state index in [9.17, 15) is 18.0 Å². The van der Waals surface area contributed by atoms with Crippen LogP contribution < -0.4 is 0 Å². The van der Waals surface area contributed by atoms with Crippen LogP contribution in [-0.4, -0.2) is 40.2 Å². The zero-order chi connectivity index (χ0) is 15.3. The zero-order valence-electron chi connectivity index (χ0n) is 11.2. The third-order valence-corrected chi connectivity index (χ3v) is 5.24. The van der Waals surface area contributed by atoms with Gasteiger partial charge in [0.1, 0.15) is 0 Å². The summed E-state index contributed by atoms with van der Waals surface area (Å²) in [7, 11) is 0. The maximum Gasteiger partial charge on any atom is 0.406 e. The first-order valence-corrected chi connectivity index (χ1v) is 7.66. The summed E-state index contributed by atoms with van der Waals surface area (Å²) < 4.78 is 39.2. The van der Waals surface area contributed by atoms with Crippen LogP contribution in [0.15, 0.2) is 5.38 Å². The molecular weight excluding hydrogens is 305 g/mol. The average Bonchev–Trinajstić information content (AvgIpc) is 2.96. The lowest BCUT2D eigenvalue weighted by molar-refractivity contribution is -0.227. The van der Waals surface area contributed by atoms with Crippen LogP contribution in [0.25, 0.3) is 0 Å². The molecule has 1 aromatic rings. The van der Waals surface area contributed by atoms with Gasteiger partial charge >= 0.3 is 12.1 Å². The van der Waals surface area contributed by atoms with Crippen molar-refractivity contribution in [1.82, 2.24) is 9.88 Å². The van der Waals surface area contributed by atoms with Gasteiger partial charge in [0.15, 0.2) is 5.41 Å². The minimum Gasteiger partial charge on any atom is -0.481 e. The van der Waals surface area contributed by atoms with Crippen molar-refractivity contribution in [3.8, 4) is 0 Å². The Morgan fingerprint density at radius 3 is 2.76 bits per heavy atom. The molecule has 1 aliphatic carbocycles. The number of halogens is 3. The number of aliphatic carboxylic acids is 1. The van der Waals surface area contributed by atoms with Crippen LogP contribution in [0.2, 0.25) is 0 Å². The van der Waals surface area contributed by atoms with Crippen molar-refractivity contribution in [1.29, 1.82) is 0 Å². The summed E-state index contributed by atoms with van der Waals surface area (Å²) in [5.41, 5.74) is -1.90. The van der Waals surface area contributed by atoms with Crippen LogP contribution in [0.3, 0.4) is 0 Å². The molecule has 1 saturated carbocycles. The number of alkyl halides is 3. The second-order valence-corrected chi connectivity index (χ2v) is 6.69. The summed E-state index contributed by atoms with van der Waals surface area (Å²) in [5, 5.41) is 11.9. The normalized spacial score (nSPS) is 27.2. The van der Waals surface area contributed by atoms with E-state index in [1.54, 1.807) is 0 Å². The van der Waals surface area contributed by atoms with E-state index in [0.29, 0.717) is 5.92 Å². The Kier molecular flexibility index (Phi) is 3.48. The van der Waals surface area contributed by atoms with Crippen LogP contribution in [0.4, 0.5) is 13.2 Å². The van der Waals surface area contributed by atoms with E-state index in [4.69, 9.17) is 5.11 Å². The largest absolute Gasteiger partial charge is 0.481 e. The molecule has 1 unspecified atom stereocenters. The molecule has 2 aliphatic rings. The van der Waals surface area contributed by atoms with Gasteiger partial charge in [-0.3, -0.25) is 9.69 Å². The molecule has 0 amide bonds. The predicted octanol–water partition coefficient (Wildman–Crippen LogP) is 2.86. The van der Waals surface area contributed by atoms with E-state index in [1.165, 1.54) is 16.2 Å². The highest BCUT2D eigenvalue weighted by atomic mass is 32.1. The van der Waals surface area contributed by atoms with Crippen molar-refractivity contribution in [2.75, 3.05) is 13.1 Å². The summed E-state index contributed by atoms with van der Waals surface area (Å²) in [5.74, 6) is -1.26. The molecule has 1 aromatic heterocycles. The van der Waals surface area contributed by atoms with Gasteiger partial charge in [0.2, 0.25) is 0 Å². The Hall–Kier alpha value is -1.15. The number of carboxylic acids is 1. The fourth-order valence-electron chi connectivity index (χ4n) is 2.69. The van der Waals surface area contributed by atoms with Crippen LogP contribution in [-0.2, 0) is 11.3 Å². The van der Waals surface area contributed by atoms with E-state index in [-0.39, 0.29) is 13.1 Å². The molecule has 1 aliphatic heterocycles. The summed E-state index contributed by atoms with van der Waals surface area (Å²) >= 11 is 1.54. The van der Waals surface area contributed by atoms with Crippen LogP contribution >= 0.6 is 11.3 Å². The number of hydrogen-bond acceptors (Lipinski definition) is 4. The molecular formula is C13H15F3N2O2S. The van der Waals surface area contributed by atoms with Gasteiger partial charge in [0.25, 0.3) is 0 Å². The summed E-state index contributed by atoms with van der Waals surface area (Å²) in [6.45, 7) is -0.0848. The summed E-state index contributed by atoms with van der Waals surface area (Å²) in [6, 6.07) is 0. The van der Waals surface area contributed by atoms with Gasteiger partial charge in [0, 0.05) is 30.9 Å². The number of nitrogens with zero attached hydrogens (tertiary/aromatic N) is 2. The van der Waals surface area contributed by atoms with Crippen molar-refractivity contribution in [2.45, 2.75) is 37.9 Å². The smallest absolute Gasteiger partial charge is 0.406 e. The van der Waals surface area contributed by atoms with Gasteiger partial charge < -0.3 is 5.11 Å². The van der Waals surface area contributed by atoms with Gasteiger partial charge in [-0.25, -0.2) is 4.98 Å². The van der Waals surface area contributed by atoms with Crippen molar-refractivity contribution in [2.24, 2.45) is 5.41 Å². The molecule has 1 saturated heterocycles. The first kappa shape index (κ1) is 14.8. The lowest BCUT2D eigenvalue weighted by atomic mass is 9.86. The molecule has 0 radical (unpaired) electrons. The number of rotatable bonds is 4. The second kappa shape index (κ2) is 4.95. The minimum atomic E-state index is -4.73. The number of thiazole rings is 1. The maximum absolute atomic E-state index is 13.1. The number of hydrogen-bond donors (Lipinski definition) is 1. The summed E-state index contributed by atoms with van der Waals surface area (Å²) in [4.78, 5) is 17.1. The highest BCUT2D eigenvalue weighted by Gasteiger charge is 2.63. The Morgan fingerprint density at radius 2 is 2.24 bits per heavy atom. The molecule has 8 heteroatoms. The highest BCUT2D eigenvalue weighted by molar-refractivity contribution is 7.09. The lowest BCUT2D eigenvalue weighted by Crippen LogP contribution is -2.47. The van der Waals surface area contributed by atoms with E-state index in [0.717, 1.165) is 23.5 Å². The van der Waals surface area contributed by atoms with E-state index >= 15 is 0 Å². The number of carboxylic acid groups (broad SMARTS) is 1. The molecule has 116 valence electrons. The first-order chi connectivity index (χ1) is 9.82. The fraction of sp³-hybridized carbons (Fsp3) is 0.692. The van der Waals surface area contributed by atoms with Crippen molar-refractivity contribution in [3.05, 3.63) is 16.1 Å². The second-order valence-electron chi connectivity index (χ2n) is 5.80. The number of aromatic nitrogens is 1. The predicted molar refractivity (Wildman–Crippen MR) is 70.1 cm³/mol. The van der Waals surface area contributed by atoms with Gasteiger partial charge in [0.05, 0.1) is 10.7 Å². The monoisotopic (exact) mass is 320 g/mol. The van der Waals surface area contributed by atoms with E-state index in [1.807, 2.05) is 5.38 Å². The zero-order valence-corrected chi connectivity index (χ0v) is 12.0. The average molecular weight is 320 g/mol. The Labute approximate surface area is 123 Å². The van der Waals surface area contributed by atoms with Crippen LogP contribution in [0.1, 0.15) is 35.9 Å². The minimum absolute atomic E-state index is 0.127. The number of carbonyl (C=O) groups is 1.